The van der Waals surface area contributed by atoms with E-state index in [1.54, 1.807) is 14.2 Å². The summed E-state index contributed by atoms with van der Waals surface area (Å²) in [5, 5.41) is 25.9. The zero-order chi connectivity index (χ0) is 18.3. The van der Waals surface area contributed by atoms with Gasteiger partial charge >= 0.3 is 5.97 Å². The van der Waals surface area contributed by atoms with Crippen LogP contribution >= 0.6 is 20.7 Å². The summed E-state index contributed by atoms with van der Waals surface area (Å²) >= 11 is -0.390. The first kappa shape index (κ1) is 20.2. The lowest BCUT2D eigenvalue weighted by atomic mass is 10.1. The van der Waals surface area contributed by atoms with Crippen LogP contribution in [0.2, 0.25) is 0 Å². The van der Waals surface area contributed by atoms with Crippen LogP contribution in [0.15, 0.2) is 49.3 Å². The van der Waals surface area contributed by atoms with Gasteiger partial charge in [0.25, 0.3) is 0 Å². The van der Waals surface area contributed by atoms with Gasteiger partial charge in [-0.3, -0.25) is 0 Å². The highest BCUT2D eigenvalue weighted by molar-refractivity contribution is 14.2. The Hall–Kier alpha value is -1.88. The number of methoxy groups -OCH3 is 1. The average molecular weight is 447 g/mol. The van der Waals surface area contributed by atoms with Crippen molar-refractivity contribution in [2.75, 3.05) is 14.2 Å². The summed E-state index contributed by atoms with van der Waals surface area (Å²) in [5.74, 6) is -0.770. The number of aliphatic carboxylic acids is 1. The van der Waals surface area contributed by atoms with E-state index in [9.17, 15) is 4.79 Å². The van der Waals surface area contributed by atoms with Crippen LogP contribution in [0.3, 0.4) is 0 Å². The van der Waals surface area contributed by atoms with Crippen LogP contribution in [0.1, 0.15) is 13.8 Å². The summed E-state index contributed by atoms with van der Waals surface area (Å²) in [5.41, 5.74) is 1.10. The summed E-state index contributed by atoms with van der Waals surface area (Å²) in [7, 11) is 3.31. The molecule has 1 aliphatic heterocycles. The molecule has 1 heterocycles. The van der Waals surface area contributed by atoms with Gasteiger partial charge < -0.3 is 15.2 Å². The normalized spacial score (nSPS) is 21.2. The van der Waals surface area contributed by atoms with E-state index < -0.39 is 26.7 Å². The highest BCUT2D eigenvalue weighted by Gasteiger charge is 2.24. The smallest absolute Gasteiger partial charge is 0.351 e. The molecule has 0 fully saturated rings. The van der Waals surface area contributed by atoms with Gasteiger partial charge in [0.2, 0.25) is 0 Å². The van der Waals surface area contributed by atoms with Crippen LogP contribution in [-0.2, 0) is 9.53 Å². The van der Waals surface area contributed by atoms with Crippen LogP contribution in [0.5, 0.6) is 0 Å². The third-order valence-electron chi connectivity index (χ3n) is 3.18. The molecule has 132 valence electrons. The first-order chi connectivity index (χ1) is 11.3. The summed E-state index contributed by atoms with van der Waals surface area (Å²) in [6.45, 7) is 7.34. The lowest BCUT2D eigenvalue weighted by Gasteiger charge is -2.27. The van der Waals surface area contributed by atoms with Crippen molar-refractivity contribution < 1.29 is 14.6 Å². The van der Waals surface area contributed by atoms with Crippen molar-refractivity contribution in [1.82, 2.24) is 10.3 Å². The quantitative estimate of drug-likeness (QED) is 0.258. The van der Waals surface area contributed by atoms with Gasteiger partial charge in [0.05, 0.1) is 11.4 Å². The monoisotopic (exact) mass is 447 g/mol. The number of hydrazone groups is 1. The maximum absolute atomic E-state index is 11.2. The number of rotatable bonds is 8. The minimum Gasteiger partial charge on any atom is -0.477 e. The number of carbonyl (C=O) groups is 1. The SMILES string of the molecule is C=I/C=C(\NC)C(=C)N(/N=C(\C)C(=O)O)C1=CC(C)C(OC)N=N1. The van der Waals surface area contributed by atoms with Crippen molar-refractivity contribution in [1.29, 1.82) is 0 Å². The minimum atomic E-state index is -1.12. The first-order valence-corrected chi connectivity index (χ1v) is 9.81. The number of azo groups is 1. The third-order valence-corrected chi connectivity index (χ3v) is 4.24. The van der Waals surface area contributed by atoms with E-state index in [2.05, 4.69) is 31.7 Å². The molecule has 9 heteroatoms. The van der Waals surface area contributed by atoms with Gasteiger partial charge in [0.15, 0.2) is 12.0 Å². The number of halogens is 1. The summed E-state index contributed by atoms with van der Waals surface area (Å²) in [6, 6.07) is 0. The van der Waals surface area contributed by atoms with Crippen molar-refractivity contribution in [2.45, 2.75) is 20.1 Å². The Morgan fingerprint density at radius 1 is 1.62 bits per heavy atom. The van der Waals surface area contributed by atoms with Gasteiger partial charge in [-0.25, -0.2) is 9.80 Å². The second kappa shape index (κ2) is 9.42. The number of carboxylic acid groups (broad SMARTS) is 1. The van der Waals surface area contributed by atoms with Crippen molar-refractivity contribution in [3.8, 4) is 0 Å². The van der Waals surface area contributed by atoms with Gasteiger partial charge in [0.1, 0.15) is 5.71 Å². The Kier molecular flexibility index (Phi) is 7.92. The second-order valence-electron chi connectivity index (χ2n) is 4.90. The zero-order valence-corrected chi connectivity index (χ0v) is 16.3. The van der Waals surface area contributed by atoms with Gasteiger partial charge in [-0.05, 0) is 17.1 Å². The molecule has 8 nitrogen and oxygen atoms in total. The molecule has 2 unspecified atom stereocenters. The molecule has 2 N–H and O–H groups in total. The fourth-order valence-corrected chi connectivity index (χ4v) is 2.95. The molecule has 0 saturated carbocycles. The molecular weight excluding hydrogens is 425 g/mol. The molecule has 0 amide bonds. The lowest BCUT2D eigenvalue weighted by Crippen LogP contribution is -2.27. The number of carboxylic acids is 1. The van der Waals surface area contributed by atoms with Crippen LogP contribution in [0.25, 0.3) is 0 Å². The number of hydrogen-bond acceptors (Lipinski definition) is 7. The van der Waals surface area contributed by atoms with E-state index in [1.807, 2.05) is 17.1 Å². The molecule has 1 rings (SSSR count). The number of nitrogens with zero attached hydrogens (tertiary/aromatic N) is 4. The second-order valence-corrected chi connectivity index (χ2v) is 6.41. The van der Waals surface area contributed by atoms with Crippen molar-refractivity contribution in [3.05, 3.63) is 34.0 Å². The average Bonchev–Trinajstić information content (AvgIpc) is 2.56. The van der Waals surface area contributed by atoms with E-state index >= 15 is 0 Å². The predicted octanol–water partition coefficient (Wildman–Crippen LogP) is 2.64. The molecule has 0 aliphatic carbocycles. The highest BCUT2D eigenvalue weighted by atomic mass is 127. The van der Waals surface area contributed by atoms with Crippen LogP contribution in [0, 0.1) is 5.92 Å². The van der Waals surface area contributed by atoms with Crippen molar-refractivity contribution in [3.63, 3.8) is 0 Å². The lowest BCUT2D eigenvalue weighted by molar-refractivity contribution is -0.129. The molecule has 0 spiro atoms. The zero-order valence-electron chi connectivity index (χ0n) is 14.2. The molecule has 0 saturated heterocycles. The van der Waals surface area contributed by atoms with E-state index in [-0.39, 0.29) is 17.9 Å². The van der Waals surface area contributed by atoms with E-state index in [0.717, 1.165) is 5.70 Å². The standard InChI is InChI=1S/C15H22IN5O3/c1-9-7-13(18-19-14(9)24-6)21(20-10(2)15(22)23)11(3)12(17-5)8-16-4/h7-9,14,17H,3-4H2,1-2,5-6H3,(H,22,23)/b12-8-,20-10+. The van der Waals surface area contributed by atoms with Gasteiger partial charge in [-0.2, -0.15) is 10.2 Å². The first-order valence-electron chi connectivity index (χ1n) is 7.03. The molecular formula is C15H22IN5O3. The van der Waals surface area contributed by atoms with Crippen LogP contribution in [-0.4, -0.2) is 46.7 Å². The van der Waals surface area contributed by atoms with Crippen molar-refractivity contribution in [2.24, 2.45) is 21.2 Å². The Morgan fingerprint density at radius 2 is 2.29 bits per heavy atom. The molecule has 0 radical (unpaired) electrons. The summed E-state index contributed by atoms with van der Waals surface area (Å²) in [4.78, 5) is 11.2. The molecule has 24 heavy (non-hydrogen) atoms. The Labute approximate surface area is 151 Å². The Morgan fingerprint density at radius 3 is 2.75 bits per heavy atom. The highest BCUT2D eigenvalue weighted by Crippen LogP contribution is 2.27. The molecule has 0 aromatic heterocycles. The summed E-state index contributed by atoms with van der Waals surface area (Å²) in [6.07, 6.45) is 1.44. The summed E-state index contributed by atoms with van der Waals surface area (Å²) < 4.78 is 11.0. The van der Waals surface area contributed by atoms with E-state index in [0.29, 0.717) is 11.5 Å². The fourth-order valence-electron chi connectivity index (χ4n) is 1.84. The number of nitrogens with one attached hydrogen (secondary N) is 1. The van der Waals surface area contributed by atoms with Crippen LogP contribution in [0.4, 0.5) is 0 Å². The topological polar surface area (TPSA) is 98.9 Å². The number of likely N-dealkylation sites (N-methyl/N-ethyl adjacent to an activating group) is 1. The maximum Gasteiger partial charge on any atom is 0.351 e. The van der Waals surface area contributed by atoms with Gasteiger partial charge in [-0.15, -0.1) is 5.11 Å². The van der Waals surface area contributed by atoms with Crippen molar-refractivity contribution >= 4 is 36.9 Å². The molecule has 1 aliphatic rings. The van der Waals surface area contributed by atoms with E-state index in [1.165, 1.54) is 11.9 Å². The van der Waals surface area contributed by atoms with E-state index in [4.69, 9.17) is 9.84 Å². The van der Waals surface area contributed by atoms with Gasteiger partial charge in [-0.1, -0.05) is 38.7 Å². The minimum absolute atomic E-state index is 0.0413. The molecule has 0 bridgehead atoms. The maximum atomic E-state index is 11.2. The van der Waals surface area contributed by atoms with Crippen LogP contribution < -0.4 is 5.32 Å². The predicted molar refractivity (Wildman–Crippen MR) is 103 cm³/mol. The fraction of sp³-hybridized carbons (Fsp3) is 0.400. The Bertz CT molecular complexity index is 639. The third kappa shape index (κ3) is 5.06. The number of ether oxygens (including phenoxy) is 1. The molecule has 2 atom stereocenters. The van der Waals surface area contributed by atoms with Gasteiger partial charge in [0, 0.05) is 20.1 Å². The molecule has 0 aromatic rings. The number of hydrogen-bond donors (Lipinski definition) is 2. The molecule has 0 aromatic carbocycles. The Balaban J connectivity index is 3.31. The largest absolute Gasteiger partial charge is 0.477 e.